The van der Waals surface area contributed by atoms with E-state index >= 15 is 0 Å². The van der Waals surface area contributed by atoms with Gasteiger partial charge in [-0.3, -0.25) is 4.79 Å². The molecule has 0 saturated carbocycles. The lowest BCUT2D eigenvalue weighted by Gasteiger charge is -2.31. The smallest absolute Gasteiger partial charge is 0.309 e. The van der Waals surface area contributed by atoms with Crippen LogP contribution in [0.3, 0.4) is 0 Å². The lowest BCUT2D eigenvalue weighted by atomic mass is 9.97. The SMILES string of the molecule is CCOC(=O)C1CCN(c2ccc3cc(OC)ccc3n2)CC1. The first-order valence-electron chi connectivity index (χ1n) is 8.07. The van der Waals surface area contributed by atoms with Crippen LogP contribution in [-0.4, -0.2) is 37.8 Å². The molecule has 0 unspecified atom stereocenters. The van der Waals surface area contributed by atoms with E-state index in [-0.39, 0.29) is 11.9 Å². The molecule has 1 aromatic carbocycles. The average molecular weight is 314 g/mol. The number of methoxy groups -OCH3 is 1. The summed E-state index contributed by atoms with van der Waals surface area (Å²) in [5, 5.41) is 1.06. The van der Waals surface area contributed by atoms with E-state index in [1.807, 2.05) is 31.2 Å². The van der Waals surface area contributed by atoms with Crippen molar-refractivity contribution < 1.29 is 14.3 Å². The Hall–Kier alpha value is -2.30. The molecule has 0 N–H and O–H groups in total. The van der Waals surface area contributed by atoms with Crippen molar-refractivity contribution in [1.82, 2.24) is 4.98 Å². The molecule has 0 aliphatic carbocycles. The highest BCUT2D eigenvalue weighted by atomic mass is 16.5. The van der Waals surface area contributed by atoms with Gasteiger partial charge in [-0.1, -0.05) is 0 Å². The van der Waals surface area contributed by atoms with Crippen LogP contribution in [0, 0.1) is 5.92 Å². The predicted molar refractivity (Wildman–Crippen MR) is 89.9 cm³/mol. The van der Waals surface area contributed by atoms with Gasteiger partial charge in [0.25, 0.3) is 0 Å². The summed E-state index contributed by atoms with van der Waals surface area (Å²) in [6.07, 6.45) is 1.64. The topological polar surface area (TPSA) is 51.7 Å². The van der Waals surface area contributed by atoms with Crippen LogP contribution in [0.5, 0.6) is 5.75 Å². The fourth-order valence-corrected chi connectivity index (χ4v) is 3.00. The van der Waals surface area contributed by atoms with Crippen molar-refractivity contribution in [2.75, 3.05) is 31.7 Å². The molecule has 1 aliphatic rings. The standard InChI is InChI=1S/C18H22N2O3/c1-3-23-18(21)13-8-10-20(11-9-13)17-7-4-14-12-15(22-2)5-6-16(14)19-17/h4-7,12-13H,3,8-11H2,1-2H3. The Morgan fingerprint density at radius 1 is 1.26 bits per heavy atom. The maximum atomic E-state index is 11.8. The minimum Gasteiger partial charge on any atom is -0.497 e. The van der Waals surface area contributed by atoms with Crippen LogP contribution in [0.1, 0.15) is 19.8 Å². The number of rotatable bonds is 4. The minimum atomic E-state index is -0.0642. The van der Waals surface area contributed by atoms with Gasteiger partial charge in [0, 0.05) is 18.5 Å². The van der Waals surface area contributed by atoms with E-state index in [9.17, 15) is 4.79 Å². The van der Waals surface area contributed by atoms with Crippen LogP contribution < -0.4 is 9.64 Å². The predicted octanol–water partition coefficient (Wildman–Crippen LogP) is 3.02. The molecule has 0 bridgehead atoms. The van der Waals surface area contributed by atoms with E-state index in [0.29, 0.717) is 6.61 Å². The highest BCUT2D eigenvalue weighted by molar-refractivity contribution is 5.82. The summed E-state index contributed by atoms with van der Waals surface area (Å²) in [6.45, 7) is 3.96. The van der Waals surface area contributed by atoms with E-state index in [0.717, 1.165) is 48.4 Å². The van der Waals surface area contributed by atoms with E-state index in [1.54, 1.807) is 7.11 Å². The average Bonchev–Trinajstić information content (AvgIpc) is 2.61. The second kappa shape index (κ2) is 6.86. The molecule has 23 heavy (non-hydrogen) atoms. The molecule has 1 aliphatic heterocycles. The third-order valence-electron chi connectivity index (χ3n) is 4.32. The Balaban J connectivity index is 1.71. The van der Waals surface area contributed by atoms with Gasteiger partial charge in [0.1, 0.15) is 11.6 Å². The zero-order chi connectivity index (χ0) is 16.2. The number of nitrogens with zero attached hydrogens (tertiary/aromatic N) is 2. The van der Waals surface area contributed by atoms with Crippen molar-refractivity contribution in [1.29, 1.82) is 0 Å². The van der Waals surface area contributed by atoms with Gasteiger partial charge in [-0.05, 0) is 50.1 Å². The monoisotopic (exact) mass is 314 g/mol. The zero-order valence-electron chi connectivity index (χ0n) is 13.6. The van der Waals surface area contributed by atoms with Gasteiger partial charge in [0.2, 0.25) is 0 Å². The number of fused-ring (bicyclic) bond motifs is 1. The normalized spacial score (nSPS) is 15.7. The molecule has 1 fully saturated rings. The second-order valence-electron chi connectivity index (χ2n) is 5.74. The Bertz CT molecular complexity index is 694. The molecule has 0 amide bonds. The Morgan fingerprint density at radius 3 is 2.74 bits per heavy atom. The van der Waals surface area contributed by atoms with Crippen molar-refractivity contribution in [2.24, 2.45) is 5.92 Å². The zero-order valence-corrected chi connectivity index (χ0v) is 13.6. The quantitative estimate of drug-likeness (QED) is 0.812. The molecular formula is C18H22N2O3. The molecule has 5 nitrogen and oxygen atoms in total. The molecule has 1 saturated heterocycles. The summed E-state index contributed by atoms with van der Waals surface area (Å²) in [5.41, 5.74) is 0.954. The number of ether oxygens (including phenoxy) is 2. The maximum absolute atomic E-state index is 11.8. The molecule has 1 aromatic heterocycles. The number of carbonyl (C=O) groups is 1. The maximum Gasteiger partial charge on any atom is 0.309 e. The van der Waals surface area contributed by atoms with Gasteiger partial charge in [-0.2, -0.15) is 0 Å². The summed E-state index contributed by atoms with van der Waals surface area (Å²) < 4.78 is 10.4. The number of piperidine rings is 1. The van der Waals surface area contributed by atoms with Gasteiger partial charge in [0.15, 0.2) is 0 Å². The van der Waals surface area contributed by atoms with Gasteiger partial charge < -0.3 is 14.4 Å². The van der Waals surface area contributed by atoms with Crippen molar-refractivity contribution in [3.05, 3.63) is 30.3 Å². The van der Waals surface area contributed by atoms with Crippen molar-refractivity contribution in [3.63, 3.8) is 0 Å². The van der Waals surface area contributed by atoms with E-state index in [4.69, 9.17) is 14.5 Å². The highest BCUT2D eigenvalue weighted by Gasteiger charge is 2.26. The van der Waals surface area contributed by atoms with E-state index < -0.39 is 0 Å². The van der Waals surface area contributed by atoms with Crippen LogP contribution in [0.2, 0.25) is 0 Å². The molecule has 0 radical (unpaired) electrons. The Labute approximate surface area is 136 Å². The Kier molecular flexibility index (Phi) is 4.65. The summed E-state index contributed by atoms with van der Waals surface area (Å²) in [4.78, 5) is 18.8. The summed E-state index contributed by atoms with van der Waals surface area (Å²) in [5.74, 6) is 1.76. The van der Waals surface area contributed by atoms with Gasteiger partial charge in [-0.25, -0.2) is 4.98 Å². The minimum absolute atomic E-state index is 0.0240. The van der Waals surface area contributed by atoms with Crippen LogP contribution in [0.15, 0.2) is 30.3 Å². The summed E-state index contributed by atoms with van der Waals surface area (Å²) >= 11 is 0. The molecule has 122 valence electrons. The first-order valence-corrected chi connectivity index (χ1v) is 8.07. The molecule has 3 rings (SSSR count). The lowest BCUT2D eigenvalue weighted by Crippen LogP contribution is -2.37. The fourth-order valence-electron chi connectivity index (χ4n) is 3.00. The number of carbonyl (C=O) groups excluding carboxylic acids is 1. The van der Waals surface area contributed by atoms with E-state index in [1.165, 1.54) is 0 Å². The number of hydrogen-bond acceptors (Lipinski definition) is 5. The number of pyridine rings is 1. The highest BCUT2D eigenvalue weighted by Crippen LogP contribution is 2.26. The molecule has 2 heterocycles. The Morgan fingerprint density at radius 2 is 2.04 bits per heavy atom. The van der Waals surface area contributed by atoms with Crippen molar-refractivity contribution in [2.45, 2.75) is 19.8 Å². The van der Waals surface area contributed by atoms with Gasteiger partial charge >= 0.3 is 5.97 Å². The fraction of sp³-hybridized carbons (Fsp3) is 0.444. The van der Waals surface area contributed by atoms with Crippen LogP contribution in [0.4, 0.5) is 5.82 Å². The van der Waals surface area contributed by atoms with Crippen molar-refractivity contribution >= 4 is 22.7 Å². The largest absolute Gasteiger partial charge is 0.497 e. The number of esters is 1. The summed E-state index contributed by atoms with van der Waals surface area (Å²) in [6, 6.07) is 9.98. The van der Waals surface area contributed by atoms with Gasteiger partial charge in [-0.15, -0.1) is 0 Å². The lowest BCUT2D eigenvalue weighted by molar-refractivity contribution is -0.148. The van der Waals surface area contributed by atoms with E-state index in [2.05, 4.69) is 11.0 Å². The van der Waals surface area contributed by atoms with Gasteiger partial charge in [0.05, 0.1) is 25.2 Å². The van der Waals surface area contributed by atoms with Crippen LogP contribution >= 0.6 is 0 Å². The number of aromatic nitrogens is 1. The summed E-state index contributed by atoms with van der Waals surface area (Å²) in [7, 11) is 1.66. The molecule has 5 heteroatoms. The third-order valence-corrected chi connectivity index (χ3v) is 4.32. The molecular weight excluding hydrogens is 292 g/mol. The third kappa shape index (κ3) is 3.38. The number of hydrogen-bond donors (Lipinski definition) is 0. The van der Waals surface area contributed by atoms with Crippen molar-refractivity contribution in [3.8, 4) is 5.75 Å². The second-order valence-corrected chi connectivity index (χ2v) is 5.74. The van der Waals surface area contributed by atoms with Crippen LogP contribution in [0.25, 0.3) is 10.9 Å². The number of anilines is 1. The first kappa shape index (κ1) is 15.6. The number of benzene rings is 1. The molecule has 2 aromatic rings. The molecule has 0 spiro atoms. The molecule has 0 atom stereocenters. The first-order chi connectivity index (χ1) is 11.2. The van der Waals surface area contributed by atoms with Crippen LogP contribution in [-0.2, 0) is 9.53 Å².